The Hall–Kier alpha value is -1.10. The van der Waals surface area contributed by atoms with Gasteiger partial charge in [0.2, 0.25) is 0 Å². The Morgan fingerprint density at radius 1 is 1.32 bits per heavy atom. The Kier molecular flexibility index (Phi) is 2.85. The maximum absolute atomic E-state index is 12.6. The molecule has 2 heterocycles. The molecule has 2 aliphatic rings. The highest BCUT2D eigenvalue weighted by atomic mass is 19.4. The second-order valence-corrected chi connectivity index (χ2v) is 6.02. The van der Waals surface area contributed by atoms with E-state index in [4.69, 9.17) is 0 Å². The molecule has 1 aromatic heterocycles. The Bertz CT molecular complexity index is 484. The molecule has 0 unspecified atom stereocenters. The van der Waals surface area contributed by atoms with Crippen molar-refractivity contribution in [2.45, 2.75) is 32.4 Å². The summed E-state index contributed by atoms with van der Waals surface area (Å²) in [4.78, 5) is 4.12. The van der Waals surface area contributed by atoms with Crippen molar-refractivity contribution in [3.05, 3.63) is 29.1 Å². The molecule has 0 bridgehead atoms. The number of rotatable bonds is 2. The Morgan fingerprint density at radius 2 is 2.00 bits per heavy atom. The third kappa shape index (κ3) is 2.36. The lowest BCUT2D eigenvalue weighted by atomic mass is 9.57. The maximum atomic E-state index is 12.6. The van der Waals surface area contributed by atoms with E-state index < -0.39 is 11.7 Å². The molecule has 2 nitrogen and oxygen atoms in total. The molecule has 1 saturated heterocycles. The number of alkyl halides is 3. The molecule has 0 radical (unpaired) electrons. The molecule has 2 fully saturated rings. The quantitative estimate of drug-likeness (QED) is 0.893. The summed E-state index contributed by atoms with van der Waals surface area (Å²) in [6, 6.07) is 2.69. The second-order valence-electron chi connectivity index (χ2n) is 6.02. The molecule has 104 valence electrons. The second kappa shape index (κ2) is 4.20. The van der Waals surface area contributed by atoms with E-state index in [2.05, 4.69) is 10.3 Å². The first kappa shape index (κ1) is 12.9. The van der Waals surface area contributed by atoms with Gasteiger partial charge in [0.05, 0.1) is 5.56 Å². The van der Waals surface area contributed by atoms with Crippen LogP contribution in [-0.2, 0) is 12.6 Å². The van der Waals surface area contributed by atoms with E-state index in [1.807, 2.05) is 0 Å². The van der Waals surface area contributed by atoms with E-state index >= 15 is 0 Å². The lowest BCUT2D eigenvalue weighted by Crippen LogP contribution is -2.60. The fourth-order valence-corrected chi connectivity index (χ4v) is 3.40. The first-order chi connectivity index (χ1) is 8.88. The Labute approximate surface area is 110 Å². The van der Waals surface area contributed by atoms with E-state index in [0.29, 0.717) is 11.3 Å². The van der Waals surface area contributed by atoms with Crippen LogP contribution in [-0.4, -0.2) is 18.1 Å². The minimum Gasteiger partial charge on any atom is -0.316 e. The number of aromatic nitrogens is 1. The minimum absolute atomic E-state index is 0.0874. The van der Waals surface area contributed by atoms with Crippen LogP contribution in [0.2, 0.25) is 0 Å². The zero-order valence-corrected chi connectivity index (χ0v) is 10.8. The average molecular weight is 270 g/mol. The molecule has 19 heavy (non-hydrogen) atoms. The predicted octanol–water partition coefficient (Wildman–Crippen LogP) is 2.95. The third-order valence-corrected chi connectivity index (χ3v) is 4.39. The molecule has 5 heteroatoms. The van der Waals surface area contributed by atoms with Gasteiger partial charge in [0.1, 0.15) is 0 Å². The topological polar surface area (TPSA) is 24.9 Å². The summed E-state index contributed by atoms with van der Waals surface area (Å²) in [7, 11) is 0. The molecule has 3 rings (SSSR count). The number of halogens is 3. The van der Waals surface area contributed by atoms with Crippen LogP contribution in [0.1, 0.15) is 29.8 Å². The summed E-state index contributed by atoms with van der Waals surface area (Å²) in [6.45, 7) is 3.64. The first-order valence-electron chi connectivity index (χ1n) is 6.62. The normalized spacial score (nSPS) is 22.1. The van der Waals surface area contributed by atoms with Crippen molar-refractivity contribution in [2.75, 3.05) is 13.1 Å². The SMILES string of the molecule is Cc1nc(CC2CC3(CNC3)C2)ccc1C(F)(F)F. The minimum atomic E-state index is -4.30. The van der Waals surface area contributed by atoms with Gasteiger partial charge < -0.3 is 5.32 Å². The number of pyridine rings is 1. The van der Waals surface area contributed by atoms with E-state index in [0.717, 1.165) is 31.3 Å². The van der Waals surface area contributed by atoms with E-state index in [1.165, 1.54) is 25.8 Å². The van der Waals surface area contributed by atoms with Gasteiger partial charge >= 0.3 is 6.18 Å². The molecule has 0 atom stereocenters. The molecule has 1 N–H and O–H groups in total. The molecular weight excluding hydrogens is 253 g/mol. The molecule has 1 saturated carbocycles. The summed E-state index contributed by atoms with van der Waals surface area (Å²) in [6.07, 6.45) is -1.13. The maximum Gasteiger partial charge on any atom is 0.418 e. The van der Waals surface area contributed by atoms with Crippen molar-refractivity contribution >= 4 is 0 Å². The predicted molar refractivity (Wildman–Crippen MR) is 65.7 cm³/mol. The number of nitrogens with one attached hydrogen (secondary N) is 1. The van der Waals surface area contributed by atoms with E-state index in [-0.39, 0.29) is 5.69 Å². The van der Waals surface area contributed by atoms with Gasteiger partial charge in [-0.3, -0.25) is 4.98 Å². The summed E-state index contributed by atoms with van der Waals surface area (Å²) in [5, 5.41) is 3.28. The smallest absolute Gasteiger partial charge is 0.316 e. The molecular formula is C14H17F3N2. The number of aryl methyl sites for hydroxylation is 1. The van der Waals surface area contributed by atoms with Gasteiger partial charge in [-0.1, -0.05) is 0 Å². The number of hydrogen-bond donors (Lipinski definition) is 1. The van der Waals surface area contributed by atoms with Gasteiger partial charge in [0.25, 0.3) is 0 Å². The first-order valence-corrected chi connectivity index (χ1v) is 6.62. The van der Waals surface area contributed by atoms with E-state index in [9.17, 15) is 13.2 Å². The van der Waals surface area contributed by atoms with Crippen LogP contribution >= 0.6 is 0 Å². The fraction of sp³-hybridized carbons (Fsp3) is 0.643. The van der Waals surface area contributed by atoms with Crippen LogP contribution < -0.4 is 5.32 Å². The van der Waals surface area contributed by atoms with Gasteiger partial charge in [-0.25, -0.2) is 0 Å². The van der Waals surface area contributed by atoms with Gasteiger partial charge in [0, 0.05) is 24.5 Å². The van der Waals surface area contributed by atoms with Crippen LogP contribution in [0.3, 0.4) is 0 Å². The highest BCUT2D eigenvalue weighted by Crippen LogP contribution is 2.49. The molecule has 0 amide bonds. The van der Waals surface area contributed by atoms with Gasteiger partial charge in [-0.2, -0.15) is 13.2 Å². The van der Waals surface area contributed by atoms with Crippen LogP contribution in [0.15, 0.2) is 12.1 Å². The summed E-state index contributed by atoms with van der Waals surface area (Å²) in [5.41, 5.74) is 0.762. The third-order valence-electron chi connectivity index (χ3n) is 4.39. The van der Waals surface area contributed by atoms with Crippen molar-refractivity contribution in [1.82, 2.24) is 10.3 Å². The monoisotopic (exact) mass is 270 g/mol. The van der Waals surface area contributed by atoms with Crippen molar-refractivity contribution in [2.24, 2.45) is 11.3 Å². The van der Waals surface area contributed by atoms with Crippen molar-refractivity contribution < 1.29 is 13.2 Å². The molecule has 1 spiro atoms. The van der Waals surface area contributed by atoms with Gasteiger partial charge in [0.15, 0.2) is 0 Å². The average Bonchev–Trinajstić information content (AvgIpc) is 2.18. The summed E-state index contributed by atoms with van der Waals surface area (Å²) in [5.74, 6) is 0.589. The van der Waals surface area contributed by atoms with Gasteiger partial charge in [-0.15, -0.1) is 0 Å². The van der Waals surface area contributed by atoms with Crippen LogP contribution in [0.4, 0.5) is 13.2 Å². The van der Waals surface area contributed by atoms with Crippen molar-refractivity contribution in [3.8, 4) is 0 Å². The Morgan fingerprint density at radius 3 is 2.47 bits per heavy atom. The molecule has 0 aromatic carbocycles. The standard InChI is InChI=1S/C14H17F3N2/c1-9-12(14(15,16)17)3-2-11(19-9)4-10-5-13(6-10)7-18-8-13/h2-3,10,18H,4-8H2,1H3. The lowest BCUT2D eigenvalue weighted by molar-refractivity contribution is -0.138. The zero-order chi connectivity index (χ0) is 13.7. The fourth-order valence-electron chi connectivity index (χ4n) is 3.40. The Balaban J connectivity index is 1.65. The molecule has 1 aliphatic carbocycles. The van der Waals surface area contributed by atoms with Crippen molar-refractivity contribution in [1.29, 1.82) is 0 Å². The van der Waals surface area contributed by atoms with Crippen LogP contribution in [0.5, 0.6) is 0 Å². The highest BCUT2D eigenvalue weighted by Gasteiger charge is 2.48. The van der Waals surface area contributed by atoms with E-state index in [1.54, 1.807) is 0 Å². The largest absolute Gasteiger partial charge is 0.418 e. The summed E-state index contributed by atoms with van der Waals surface area (Å²) < 4.78 is 37.9. The molecule has 1 aromatic rings. The van der Waals surface area contributed by atoms with Crippen LogP contribution in [0.25, 0.3) is 0 Å². The van der Waals surface area contributed by atoms with Gasteiger partial charge in [-0.05, 0) is 49.7 Å². The zero-order valence-electron chi connectivity index (χ0n) is 10.8. The lowest BCUT2D eigenvalue weighted by Gasteiger charge is -2.54. The van der Waals surface area contributed by atoms with Crippen LogP contribution in [0, 0.1) is 18.3 Å². The summed E-state index contributed by atoms with van der Waals surface area (Å²) >= 11 is 0. The number of hydrogen-bond acceptors (Lipinski definition) is 2. The van der Waals surface area contributed by atoms with Crippen molar-refractivity contribution in [3.63, 3.8) is 0 Å². The number of nitrogens with zero attached hydrogens (tertiary/aromatic N) is 1. The molecule has 1 aliphatic heterocycles. The highest BCUT2D eigenvalue weighted by molar-refractivity contribution is 5.25.